The minimum atomic E-state index is -1.14. The fourth-order valence-corrected chi connectivity index (χ4v) is 2.01. The molecule has 1 rings (SSSR count). The van der Waals surface area contributed by atoms with Crippen molar-refractivity contribution in [2.45, 2.75) is 57.3 Å². The van der Waals surface area contributed by atoms with Crippen molar-refractivity contribution in [3.63, 3.8) is 0 Å². The molecule has 0 aliphatic heterocycles. The largest absolute Gasteiger partial charge is 0.451 e. The second kappa shape index (κ2) is 6.43. The lowest BCUT2D eigenvalue weighted by Gasteiger charge is -2.28. The van der Waals surface area contributed by atoms with Gasteiger partial charge in [0.2, 0.25) is 0 Å². The van der Waals surface area contributed by atoms with Gasteiger partial charge >= 0.3 is 7.12 Å². The molecule has 1 aliphatic rings. The van der Waals surface area contributed by atoms with Gasteiger partial charge in [-0.15, -0.1) is 0 Å². The third-order valence-electron chi connectivity index (χ3n) is 3.15. The summed E-state index contributed by atoms with van der Waals surface area (Å²) in [6.07, 6.45) is 8.68. The molecule has 1 unspecified atom stereocenters. The molecule has 4 heteroatoms. The van der Waals surface area contributed by atoms with Gasteiger partial charge in [-0.3, -0.25) is 0 Å². The highest BCUT2D eigenvalue weighted by molar-refractivity contribution is 6.40. The van der Waals surface area contributed by atoms with E-state index in [9.17, 15) is 0 Å². The van der Waals surface area contributed by atoms with Gasteiger partial charge in [0.15, 0.2) is 0 Å². The summed E-state index contributed by atoms with van der Waals surface area (Å²) in [5.74, 6) is 0.883. The topological polar surface area (TPSA) is 66.5 Å². The van der Waals surface area contributed by atoms with Crippen LogP contribution >= 0.6 is 0 Å². The lowest BCUT2D eigenvalue weighted by molar-refractivity contribution is 0.270. The highest BCUT2D eigenvalue weighted by atomic mass is 16.4. The van der Waals surface area contributed by atoms with Crippen LogP contribution in [0.2, 0.25) is 6.32 Å². The molecular weight excluding hydrogens is 177 g/mol. The van der Waals surface area contributed by atoms with Gasteiger partial charge in [-0.05, 0) is 25.1 Å². The normalized spacial score (nSPS) is 19.1. The van der Waals surface area contributed by atoms with Crippen LogP contribution in [0.5, 0.6) is 0 Å². The Labute approximate surface area is 86.8 Å². The summed E-state index contributed by atoms with van der Waals surface area (Å²) in [6.45, 7) is 0. The van der Waals surface area contributed by atoms with Gasteiger partial charge in [0.1, 0.15) is 0 Å². The third kappa shape index (κ3) is 4.98. The molecule has 1 fully saturated rings. The SMILES string of the molecule is NC(CCCCB(O)O)CC1CCC1. The maximum Gasteiger partial charge on any atom is 0.451 e. The molecule has 4 N–H and O–H groups in total. The van der Waals surface area contributed by atoms with Crippen LogP contribution in [0, 0.1) is 5.92 Å². The third-order valence-corrected chi connectivity index (χ3v) is 3.15. The Morgan fingerprint density at radius 2 is 2.00 bits per heavy atom. The zero-order chi connectivity index (χ0) is 10.4. The van der Waals surface area contributed by atoms with Gasteiger partial charge < -0.3 is 15.8 Å². The standard InChI is InChI=1S/C10H22BNO2/c12-10(8-9-4-3-5-9)6-1-2-7-11(13)14/h9-10,13-14H,1-8,12H2. The van der Waals surface area contributed by atoms with Crippen LogP contribution in [0.25, 0.3) is 0 Å². The molecule has 0 aromatic carbocycles. The van der Waals surface area contributed by atoms with Crippen LogP contribution in [-0.4, -0.2) is 23.2 Å². The van der Waals surface area contributed by atoms with E-state index in [-0.39, 0.29) is 0 Å². The number of hydrogen-bond acceptors (Lipinski definition) is 3. The first-order valence-corrected chi connectivity index (χ1v) is 5.80. The van der Waals surface area contributed by atoms with Crippen molar-refractivity contribution in [2.75, 3.05) is 0 Å². The van der Waals surface area contributed by atoms with Crippen molar-refractivity contribution in [1.82, 2.24) is 0 Å². The second-order valence-electron chi connectivity index (χ2n) is 4.56. The average Bonchev–Trinajstić information content (AvgIpc) is 2.05. The van der Waals surface area contributed by atoms with E-state index < -0.39 is 7.12 Å². The predicted octanol–water partition coefficient (Wildman–Crippen LogP) is 1.15. The fraction of sp³-hybridized carbons (Fsp3) is 1.00. The van der Waals surface area contributed by atoms with Crippen molar-refractivity contribution < 1.29 is 10.0 Å². The number of nitrogens with two attached hydrogens (primary N) is 1. The summed E-state index contributed by atoms with van der Waals surface area (Å²) in [5.41, 5.74) is 5.98. The minimum Gasteiger partial charge on any atom is -0.427 e. The Morgan fingerprint density at radius 1 is 1.29 bits per heavy atom. The van der Waals surface area contributed by atoms with Gasteiger partial charge in [0.25, 0.3) is 0 Å². The maximum atomic E-state index is 8.63. The van der Waals surface area contributed by atoms with Crippen LogP contribution in [-0.2, 0) is 0 Å². The summed E-state index contributed by atoms with van der Waals surface area (Å²) in [4.78, 5) is 0. The van der Waals surface area contributed by atoms with E-state index >= 15 is 0 Å². The van der Waals surface area contributed by atoms with Crippen LogP contribution in [0.1, 0.15) is 44.9 Å². The van der Waals surface area contributed by atoms with Gasteiger partial charge in [0, 0.05) is 6.04 Å². The summed E-state index contributed by atoms with van der Waals surface area (Å²) in [7, 11) is -1.14. The monoisotopic (exact) mass is 199 g/mol. The summed E-state index contributed by atoms with van der Waals surface area (Å²) >= 11 is 0. The van der Waals surface area contributed by atoms with E-state index in [1.54, 1.807) is 0 Å². The fourth-order valence-electron chi connectivity index (χ4n) is 2.01. The molecule has 3 nitrogen and oxygen atoms in total. The highest BCUT2D eigenvalue weighted by Gasteiger charge is 2.19. The molecular formula is C10H22BNO2. The van der Waals surface area contributed by atoms with E-state index in [0.29, 0.717) is 12.4 Å². The molecule has 0 aromatic rings. The number of unbranched alkanes of at least 4 members (excludes halogenated alkanes) is 1. The maximum absolute atomic E-state index is 8.63. The summed E-state index contributed by atoms with van der Waals surface area (Å²) in [6, 6.07) is 0.330. The van der Waals surface area contributed by atoms with Crippen LogP contribution < -0.4 is 5.73 Å². The minimum absolute atomic E-state index is 0.330. The van der Waals surface area contributed by atoms with Crippen molar-refractivity contribution in [3.8, 4) is 0 Å². The Kier molecular flexibility index (Phi) is 5.52. The van der Waals surface area contributed by atoms with Gasteiger partial charge in [-0.1, -0.05) is 32.1 Å². The first-order valence-electron chi connectivity index (χ1n) is 5.80. The van der Waals surface area contributed by atoms with Crippen LogP contribution in [0.3, 0.4) is 0 Å². The number of rotatable bonds is 7. The smallest absolute Gasteiger partial charge is 0.427 e. The van der Waals surface area contributed by atoms with Gasteiger partial charge in [0.05, 0.1) is 0 Å². The molecule has 1 aliphatic carbocycles. The molecule has 0 radical (unpaired) electrons. The molecule has 0 saturated heterocycles. The second-order valence-corrected chi connectivity index (χ2v) is 4.56. The first kappa shape index (κ1) is 12.0. The zero-order valence-corrected chi connectivity index (χ0v) is 8.86. The lowest BCUT2D eigenvalue weighted by atomic mass is 9.79. The summed E-state index contributed by atoms with van der Waals surface area (Å²) in [5, 5.41) is 17.3. The van der Waals surface area contributed by atoms with Gasteiger partial charge in [-0.2, -0.15) is 0 Å². The molecule has 0 spiro atoms. The molecule has 0 aromatic heterocycles. The molecule has 1 saturated carbocycles. The molecule has 0 heterocycles. The Hall–Kier alpha value is -0.0551. The zero-order valence-electron chi connectivity index (χ0n) is 8.86. The molecule has 1 atom stereocenters. The predicted molar refractivity (Wildman–Crippen MR) is 58.8 cm³/mol. The Balaban J connectivity index is 1.89. The van der Waals surface area contributed by atoms with Crippen LogP contribution in [0.15, 0.2) is 0 Å². The highest BCUT2D eigenvalue weighted by Crippen LogP contribution is 2.30. The van der Waals surface area contributed by atoms with Crippen molar-refractivity contribution in [1.29, 1.82) is 0 Å². The van der Waals surface area contributed by atoms with Gasteiger partial charge in [-0.25, -0.2) is 0 Å². The van der Waals surface area contributed by atoms with E-state index in [4.69, 9.17) is 15.8 Å². The summed E-state index contributed by atoms with van der Waals surface area (Å²) < 4.78 is 0. The Morgan fingerprint density at radius 3 is 2.50 bits per heavy atom. The van der Waals surface area contributed by atoms with Crippen molar-refractivity contribution in [2.24, 2.45) is 11.7 Å². The van der Waals surface area contributed by atoms with E-state index in [2.05, 4.69) is 0 Å². The van der Waals surface area contributed by atoms with Crippen molar-refractivity contribution in [3.05, 3.63) is 0 Å². The lowest BCUT2D eigenvalue weighted by Crippen LogP contribution is -2.26. The first-order chi connectivity index (χ1) is 6.68. The van der Waals surface area contributed by atoms with E-state index in [1.807, 2.05) is 0 Å². The molecule has 82 valence electrons. The van der Waals surface area contributed by atoms with E-state index in [0.717, 1.165) is 25.2 Å². The average molecular weight is 199 g/mol. The Bertz CT molecular complexity index is 151. The van der Waals surface area contributed by atoms with Crippen LogP contribution in [0.4, 0.5) is 0 Å². The quantitative estimate of drug-likeness (QED) is 0.425. The molecule has 0 bridgehead atoms. The molecule has 14 heavy (non-hydrogen) atoms. The van der Waals surface area contributed by atoms with Crippen molar-refractivity contribution >= 4 is 7.12 Å². The van der Waals surface area contributed by atoms with E-state index in [1.165, 1.54) is 25.7 Å². The molecule has 0 amide bonds. The number of hydrogen-bond donors (Lipinski definition) is 3.